The summed E-state index contributed by atoms with van der Waals surface area (Å²) in [6.45, 7) is 6.10. The summed E-state index contributed by atoms with van der Waals surface area (Å²) in [5.41, 5.74) is 8.66. The van der Waals surface area contributed by atoms with Gasteiger partial charge in [0.05, 0.1) is 0 Å². The molecule has 0 amide bonds. The van der Waals surface area contributed by atoms with Crippen molar-refractivity contribution in [2.75, 3.05) is 11.4 Å². The van der Waals surface area contributed by atoms with Crippen LogP contribution in [0.4, 0.5) is 5.82 Å². The predicted molar refractivity (Wildman–Crippen MR) is 89.4 cm³/mol. The van der Waals surface area contributed by atoms with Gasteiger partial charge in [0.25, 0.3) is 0 Å². The van der Waals surface area contributed by atoms with Crippen molar-refractivity contribution in [3.63, 3.8) is 0 Å². The van der Waals surface area contributed by atoms with Gasteiger partial charge in [-0.3, -0.25) is 0 Å². The van der Waals surface area contributed by atoms with Crippen LogP contribution in [-0.4, -0.2) is 17.6 Å². The zero-order valence-corrected chi connectivity index (χ0v) is 13.0. The Balaban J connectivity index is 2.21. The maximum absolute atomic E-state index is 6.12. The van der Waals surface area contributed by atoms with Crippen molar-refractivity contribution in [1.82, 2.24) is 4.98 Å². The summed E-state index contributed by atoms with van der Waals surface area (Å²) in [5, 5.41) is 0. The molecule has 1 unspecified atom stereocenters. The van der Waals surface area contributed by atoms with E-state index in [2.05, 4.69) is 54.1 Å². The van der Waals surface area contributed by atoms with Gasteiger partial charge in [-0.2, -0.15) is 0 Å². The van der Waals surface area contributed by atoms with Crippen molar-refractivity contribution in [1.29, 1.82) is 0 Å². The van der Waals surface area contributed by atoms with E-state index in [4.69, 9.17) is 5.73 Å². The van der Waals surface area contributed by atoms with E-state index in [1.165, 1.54) is 11.1 Å². The van der Waals surface area contributed by atoms with Crippen LogP contribution in [0.15, 0.2) is 48.7 Å². The molecule has 2 rings (SSSR count). The monoisotopic (exact) mass is 283 g/mol. The van der Waals surface area contributed by atoms with Crippen molar-refractivity contribution in [3.8, 4) is 0 Å². The van der Waals surface area contributed by atoms with Crippen LogP contribution in [0.1, 0.15) is 31.4 Å². The highest BCUT2D eigenvalue weighted by Gasteiger charge is 2.13. The Morgan fingerprint density at radius 2 is 1.86 bits per heavy atom. The quantitative estimate of drug-likeness (QED) is 0.847. The van der Waals surface area contributed by atoms with Gasteiger partial charge in [0, 0.05) is 25.3 Å². The highest BCUT2D eigenvalue weighted by molar-refractivity contribution is 5.47. The minimum atomic E-state index is 0.198. The molecular weight excluding hydrogens is 258 g/mol. The number of pyridine rings is 1. The minimum Gasteiger partial charge on any atom is -0.352 e. The predicted octanol–water partition coefficient (Wildman–Crippen LogP) is 3.39. The molecule has 0 radical (unpaired) electrons. The molecule has 1 aromatic heterocycles. The van der Waals surface area contributed by atoms with E-state index in [9.17, 15) is 0 Å². The molecule has 0 aliphatic heterocycles. The molecule has 0 aliphatic carbocycles. The number of nitrogens with zero attached hydrogens (tertiary/aromatic N) is 2. The lowest BCUT2D eigenvalue weighted by atomic mass is 10.0. The normalized spacial score (nSPS) is 12.1. The first-order valence-corrected chi connectivity index (χ1v) is 7.73. The Kier molecular flexibility index (Phi) is 5.76. The van der Waals surface area contributed by atoms with Gasteiger partial charge in [-0.05, 0) is 37.0 Å². The molecule has 1 aromatic carbocycles. The third-order valence-electron chi connectivity index (χ3n) is 3.77. The van der Waals surface area contributed by atoms with Crippen LogP contribution in [0.5, 0.6) is 0 Å². The summed E-state index contributed by atoms with van der Waals surface area (Å²) < 4.78 is 0. The standard InChI is InChI=1S/C18H25N3/c1-3-17(19)13-16-11-8-12-20-18(16)21(4-2)14-15-9-6-5-7-10-15/h5-12,17H,3-4,13-14,19H2,1-2H3. The number of nitrogens with two attached hydrogens (primary N) is 1. The molecule has 0 aliphatic rings. The molecule has 112 valence electrons. The Bertz CT molecular complexity index is 539. The summed E-state index contributed by atoms with van der Waals surface area (Å²) in [5.74, 6) is 1.06. The summed E-state index contributed by atoms with van der Waals surface area (Å²) in [6, 6.07) is 14.9. The highest BCUT2D eigenvalue weighted by atomic mass is 15.2. The lowest BCUT2D eigenvalue weighted by molar-refractivity contribution is 0.642. The summed E-state index contributed by atoms with van der Waals surface area (Å²) >= 11 is 0. The zero-order chi connectivity index (χ0) is 15.1. The number of rotatable bonds is 7. The molecule has 0 saturated heterocycles. The van der Waals surface area contributed by atoms with Gasteiger partial charge in [0.15, 0.2) is 0 Å². The molecule has 2 N–H and O–H groups in total. The van der Waals surface area contributed by atoms with Gasteiger partial charge in [0.1, 0.15) is 5.82 Å². The molecule has 1 atom stereocenters. The van der Waals surface area contributed by atoms with E-state index >= 15 is 0 Å². The fraction of sp³-hybridized carbons (Fsp3) is 0.389. The highest BCUT2D eigenvalue weighted by Crippen LogP contribution is 2.21. The first-order chi connectivity index (χ1) is 10.2. The molecule has 0 spiro atoms. The van der Waals surface area contributed by atoms with Gasteiger partial charge in [-0.15, -0.1) is 0 Å². The second-order valence-corrected chi connectivity index (χ2v) is 5.36. The average molecular weight is 283 g/mol. The van der Waals surface area contributed by atoms with E-state index in [1.54, 1.807) is 0 Å². The van der Waals surface area contributed by atoms with E-state index in [0.29, 0.717) is 0 Å². The van der Waals surface area contributed by atoms with Gasteiger partial charge in [0.2, 0.25) is 0 Å². The van der Waals surface area contributed by atoms with Crippen LogP contribution < -0.4 is 10.6 Å². The molecule has 0 fully saturated rings. The fourth-order valence-corrected chi connectivity index (χ4v) is 2.44. The lowest BCUT2D eigenvalue weighted by Gasteiger charge is -2.25. The Morgan fingerprint density at radius 3 is 2.52 bits per heavy atom. The number of benzene rings is 1. The van der Waals surface area contributed by atoms with Crippen molar-refractivity contribution < 1.29 is 0 Å². The van der Waals surface area contributed by atoms with Crippen LogP contribution >= 0.6 is 0 Å². The third-order valence-corrected chi connectivity index (χ3v) is 3.77. The van der Waals surface area contributed by atoms with Crippen molar-refractivity contribution in [2.24, 2.45) is 5.73 Å². The molecule has 3 heteroatoms. The number of anilines is 1. The topological polar surface area (TPSA) is 42.1 Å². The molecule has 3 nitrogen and oxygen atoms in total. The Hall–Kier alpha value is -1.87. The molecule has 2 aromatic rings. The second kappa shape index (κ2) is 7.79. The summed E-state index contributed by atoms with van der Waals surface area (Å²) in [7, 11) is 0. The molecule has 1 heterocycles. The van der Waals surface area contributed by atoms with E-state index in [0.717, 1.165) is 31.7 Å². The first-order valence-electron chi connectivity index (χ1n) is 7.73. The second-order valence-electron chi connectivity index (χ2n) is 5.36. The largest absolute Gasteiger partial charge is 0.352 e. The van der Waals surface area contributed by atoms with Gasteiger partial charge < -0.3 is 10.6 Å². The van der Waals surface area contributed by atoms with E-state index in [1.807, 2.05) is 18.3 Å². The van der Waals surface area contributed by atoms with Crippen molar-refractivity contribution in [3.05, 3.63) is 59.8 Å². The van der Waals surface area contributed by atoms with Crippen LogP contribution in [0.2, 0.25) is 0 Å². The van der Waals surface area contributed by atoms with Crippen molar-refractivity contribution in [2.45, 2.75) is 39.3 Å². The molecular formula is C18H25N3. The SMILES string of the molecule is CCC(N)Cc1cccnc1N(CC)Cc1ccccc1. The van der Waals surface area contributed by atoms with Crippen LogP contribution in [0, 0.1) is 0 Å². The maximum Gasteiger partial charge on any atom is 0.132 e. The van der Waals surface area contributed by atoms with Gasteiger partial charge >= 0.3 is 0 Å². The first kappa shape index (κ1) is 15.5. The van der Waals surface area contributed by atoms with Gasteiger partial charge in [-0.25, -0.2) is 4.98 Å². The van der Waals surface area contributed by atoms with Crippen LogP contribution in [0.25, 0.3) is 0 Å². The minimum absolute atomic E-state index is 0.198. The zero-order valence-electron chi connectivity index (χ0n) is 13.0. The Labute approximate surface area is 127 Å². The van der Waals surface area contributed by atoms with E-state index in [-0.39, 0.29) is 6.04 Å². The van der Waals surface area contributed by atoms with E-state index < -0.39 is 0 Å². The molecule has 0 bridgehead atoms. The smallest absolute Gasteiger partial charge is 0.132 e. The number of hydrogen-bond acceptors (Lipinski definition) is 3. The molecule has 0 saturated carbocycles. The average Bonchev–Trinajstić information content (AvgIpc) is 2.54. The maximum atomic E-state index is 6.12. The third kappa shape index (κ3) is 4.30. The summed E-state index contributed by atoms with van der Waals surface area (Å²) in [6.07, 6.45) is 3.73. The number of aromatic nitrogens is 1. The fourth-order valence-electron chi connectivity index (χ4n) is 2.44. The number of hydrogen-bond donors (Lipinski definition) is 1. The summed E-state index contributed by atoms with van der Waals surface area (Å²) in [4.78, 5) is 6.92. The lowest BCUT2D eigenvalue weighted by Crippen LogP contribution is -2.27. The molecule has 21 heavy (non-hydrogen) atoms. The van der Waals surface area contributed by atoms with Gasteiger partial charge in [-0.1, -0.05) is 43.3 Å². The Morgan fingerprint density at radius 1 is 1.10 bits per heavy atom. The van der Waals surface area contributed by atoms with Crippen LogP contribution in [-0.2, 0) is 13.0 Å². The van der Waals surface area contributed by atoms with Crippen LogP contribution in [0.3, 0.4) is 0 Å². The van der Waals surface area contributed by atoms with Crippen molar-refractivity contribution >= 4 is 5.82 Å².